The van der Waals surface area contributed by atoms with Crippen LogP contribution >= 0.6 is 0 Å². The van der Waals surface area contributed by atoms with Crippen molar-refractivity contribution in [1.82, 2.24) is 0 Å². The van der Waals surface area contributed by atoms with E-state index in [0.717, 1.165) is 5.56 Å². The first-order valence-electron chi connectivity index (χ1n) is 3.53. The quantitative estimate of drug-likeness (QED) is 0.623. The number of rotatable bonds is 3. The van der Waals surface area contributed by atoms with Crippen LogP contribution in [0, 0.1) is 0 Å². The van der Waals surface area contributed by atoms with Crippen LogP contribution in [0.2, 0.25) is 0 Å². The second kappa shape index (κ2) is 3.76. The fourth-order valence-corrected chi connectivity index (χ4v) is 0.891. The molecule has 0 fully saturated rings. The Morgan fingerprint density at radius 1 is 1.27 bits per heavy atom. The molecule has 2 heteroatoms. The molecule has 58 valence electrons. The van der Waals surface area contributed by atoms with Gasteiger partial charge in [0.25, 0.3) is 0 Å². The normalized spacial score (nSPS) is 9.45. The smallest absolute Gasteiger partial charge is 0.0417 e. The molecular formula is C9H9O2-. The summed E-state index contributed by atoms with van der Waals surface area (Å²) in [6.45, 7) is 0. The summed E-state index contributed by atoms with van der Waals surface area (Å²) in [5, 5.41) is 10.1. The van der Waals surface area contributed by atoms with E-state index in [9.17, 15) is 9.90 Å². The van der Waals surface area contributed by atoms with Gasteiger partial charge in [0.15, 0.2) is 0 Å². The van der Waals surface area contributed by atoms with Gasteiger partial charge in [0.1, 0.15) is 0 Å². The van der Waals surface area contributed by atoms with Crippen LogP contribution in [0.5, 0.6) is 0 Å². The van der Waals surface area contributed by atoms with Crippen LogP contribution in [0.1, 0.15) is 12.0 Å². The molecule has 0 saturated carbocycles. The lowest BCUT2D eigenvalue weighted by atomic mass is 10.1. The molecule has 1 aromatic rings. The molecule has 0 heterocycles. The van der Waals surface area contributed by atoms with Crippen LogP contribution in [-0.4, -0.2) is 5.97 Å². The summed E-state index contributed by atoms with van der Waals surface area (Å²) in [6, 6.07) is 9.50. The van der Waals surface area contributed by atoms with Crippen molar-refractivity contribution in [2.75, 3.05) is 0 Å². The average Bonchev–Trinajstić information content (AvgIpc) is 2.03. The van der Waals surface area contributed by atoms with Gasteiger partial charge in [0.2, 0.25) is 0 Å². The highest BCUT2D eigenvalue weighted by molar-refractivity contribution is 5.64. The minimum atomic E-state index is -0.992. The van der Waals surface area contributed by atoms with Crippen molar-refractivity contribution in [2.45, 2.75) is 12.8 Å². The zero-order valence-electron chi connectivity index (χ0n) is 6.12. The van der Waals surface area contributed by atoms with E-state index in [1.165, 1.54) is 0 Å². The van der Waals surface area contributed by atoms with Gasteiger partial charge in [-0.25, -0.2) is 0 Å². The summed E-state index contributed by atoms with van der Waals surface area (Å²) in [5.41, 5.74) is 1.04. The highest BCUT2D eigenvalue weighted by atomic mass is 16.4. The van der Waals surface area contributed by atoms with Gasteiger partial charge in [0.05, 0.1) is 0 Å². The molecule has 0 amide bonds. The maximum Gasteiger partial charge on any atom is 0.0417 e. The molecular weight excluding hydrogens is 140 g/mol. The van der Waals surface area contributed by atoms with Gasteiger partial charge in [-0.2, -0.15) is 0 Å². The monoisotopic (exact) mass is 149 g/mol. The second-order valence-corrected chi connectivity index (χ2v) is 2.36. The SMILES string of the molecule is O=C([O-])CCc1ccccc1. The lowest BCUT2D eigenvalue weighted by molar-refractivity contribution is -0.305. The number of carboxylic acid groups (broad SMARTS) is 1. The van der Waals surface area contributed by atoms with E-state index in [-0.39, 0.29) is 6.42 Å². The third-order valence-corrected chi connectivity index (χ3v) is 1.46. The van der Waals surface area contributed by atoms with Gasteiger partial charge < -0.3 is 9.90 Å². The molecule has 0 bridgehead atoms. The Morgan fingerprint density at radius 2 is 1.91 bits per heavy atom. The van der Waals surface area contributed by atoms with E-state index >= 15 is 0 Å². The van der Waals surface area contributed by atoms with Crippen molar-refractivity contribution < 1.29 is 9.90 Å². The average molecular weight is 149 g/mol. The molecule has 0 unspecified atom stereocenters. The summed E-state index contributed by atoms with van der Waals surface area (Å²) in [6.07, 6.45) is 0.660. The van der Waals surface area contributed by atoms with Crippen molar-refractivity contribution >= 4 is 5.97 Å². The standard InChI is InChI=1S/C9H10O2/c10-9(11)7-6-8-4-2-1-3-5-8/h1-5H,6-7H2,(H,10,11)/p-1. The number of carboxylic acids is 1. The molecule has 0 saturated heterocycles. The van der Waals surface area contributed by atoms with Crippen LogP contribution in [0.25, 0.3) is 0 Å². The molecule has 0 N–H and O–H groups in total. The van der Waals surface area contributed by atoms with Gasteiger partial charge in [-0.1, -0.05) is 30.3 Å². The number of hydrogen-bond donors (Lipinski definition) is 0. The minimum absolute atomic E-state index is 0.101. The molecule has 2 nitrogen and oxygen atoms in total. The Balaban J connectivity index is 2.45. The molecule has 0 radical (unpaired) electrons. The number of hydrogen-bond acceptors (Lipinski definition) is 2. The molecule has 0 aliphatic carbocycles. The largest absolute Gasteiger partial charge is 0.550 e. The van der Waals surface area contributed by atoms with Crippen molar-refractivity contribution in [2.24, 2.45) is 0 Å². The molecule has 0 aromatic heterocycles. The summed E-state index contributed by atoms with van der Waals surface area (Å²) < 4.78 is 0. The van der Waals surface area contributed by atoms with E-state index in [1.54, 1.807) is 0 Å². The van der Waals surface area contributed by atoms with E-state index < -0.39 is 5.97 Å². The first kappa shape index (κ1) is 7.79. The summed E-state index contributed by atoms with van der Waals surface area (Å²) >= 11 is 0. The summed E-state index contributed by atoms with van der Waals surface area (Å²) in [5.74, 6) is -0.992. The topological polar surface area (TPSA) is 40.1 Å². The molecule has 1 aromatic carbocycles. The zero-order chi connectivity index (χ0) is 8.10. The molecule has 0 atom stereocenters. The van der Waals surface area contributed by atoms with Crippen molar-refractivity contribution in [3.8, 4) is 0 Å². The number of carbonyl (C=O) groups is 1. The van der Waals surface area contributed by atoms with Crippen LogP contribution in [-0.2, 0) is 11.2 Å². The minimum Gasteiger partial charge on any atom is -0.550 e. The number of aryl methyl sites for hydroxylation is 1. The van der Waals surface area contributed by atoms with Crippen molar-refractivity contribution in [1.29, 1.82) is 0 Å². The predicted octanol–water partition coefficient (Wildman–Crippen LogP) is 0.369. The number of benzene rings is 1. The molecule has 11 heavy (non-hydrogen) atoms. The van der Waals surface area contributed by atoms with Gasteiger partial charge in [-0.15, -0.1) is 0 Å². The van der Waals surface area contributed by atoms with Crippen LogP contribution in [0.15, 0.2) is 30.3 Å². The highest BCUT2D eigenvalue weighted by Crippen LogP contribution is 2.00. The Labute approximate surface area is 65.5 Å². The predicted molar refractivity (Wildman–Crippen MR) is 39.8 cm³/mol. The van der Waals surface area contributed by atoms with Crippen LogP contribution in [0.3, 0.4) is 0 Å². The zero-order valence-corrected chi connectivity index (χ0v) is 6.12. The van der Waals surface area contributed by atoms with Gasteiger partial charge >= 0.3 is 0 Å². The third kappa shape index (κ3) is 2.85. The fourth-order valence-electron chi connectivity index (χ4n) is 0.891. The van der Waals surface area contributed by atoms with E-state index in [4.69, 9.17) is 0 Å². The Kier molecular flexibility index (Phi) is 2.66. The van der Waals surface area contributed by atoms with Crippen LogP contribution in [0.4, 0.5) is 0 Å². The summed E-state index contributed by atoms with van der Waals surface area (Å²) in [4.78, 5) is 10.1. The Bertz CT molecular complexity index is 229. The Morgan fingerprint density at radius 3 is 2.45 bits per heavy atom. The molecule has 1 rings (SSSR count). The van der Waals surface area contributed by atoms with E-state index in [2.05, 4.69) is 0 Å². The maximum atomic E-state index is 10.1. The third-order valence-electron chi connectivity index (χ3n) is 1.46. The highest BCUT2D eigenvalue weighted by Gasteiger charge is 1.90. The fraction of sp³-hybridized carbons (Fsp3) is 0.222. The van der Waals surface area contributed by atoms with Gasteiger partial charge in [-0.3, -0.25) is 0 Å². The van der Waals surface area contributed by atoms with E-state index in [0.29, 0.717) is 6.42 Å². The van der Waals surface area contributed by atoms with Crippen LogP contribution < -0.4 is 5.11 Å². The van der Waals surface area contributed by atoms with E-state index in [1.807, 2.05) is 30.3 Å². The lowest BCUT2D eigenvalue weighted by Crippen LogP contribution is -2.22. The number of aliphatic carboxylic acids is 1. The Hall–Kier alpha value is -1.31. The first-order valence-corrected chi connectivity index (χ1v) is 3.53. The van der Waals surface area contributed by atoms with Gasteiger partial charge in [0, 0.05) is 5.97 Å². The van der Waals surface area contributed by atoms with Crippen molar-refractivity contribution in [3.63, 3.8) is 0 Å². The second-order valence-electron chi connectivity index (χ2n) is 2.36. The molecule has 0 aliphatic heterocycles. The molecule has 0 spiro atoms. The van der Waals surface area contributed by atoms with Gasteiger partial charge in [-0.05, 0) is 18.4 Å². The summed E-state index contributed by atoms with van der Waals surface area (Å²) in [7, 11) is 0. The lowest BCUT2D eigenvalue weighted by Gasteiger charge is -2.00. The maximum absolute atomic E-state index is 10.1. The number of carbonyl (C=O) groups excluding carboxylic acids is 1. The molecule has 0 aliphatic rings. The first-order chi connectivity index (χ1) is 5.29. The van der Waals surface area contributed by atoms with Crippen molar-refractivity contribution in [3.05, 3.63) is 35.9 Å².